The van der Waals surface area contributed by atoms with E-state index in [0.29, 0.717) is 5.56 Å². The van der Waals surface area contributed by atoms with Crippen molar-refractivity contribution in [3.8, 4) is 0 Å². The Hall–Kier alpha value is -1.32. The largest absolute Gasteiger partial charge is 0.416 e. The standard InChI is InChI=1S/C13H15F3O/c1-8(2)6-12(17)11-7-10(13(14,15)16)5-4-9(11)3/h4-5,7-8H,6H2,1-3H3. The second-order valence-electron chi connectivity index (χ2n) is 4.55. The Kier molecular flexibility index (Phi) is 3.96. The van der Waals surface area contributed by atoms with Gasteiger partial charge in [0.1, 0.15) is 0 Å². The summed E-state index contributed by atoms with van der Waals surface area (Å²) in [5.41, 5.74) is -0.00705. The molecule has 0 fully saturated rings. The predicted molar refractivity (Wildman–Crippen MR) is 60.0 cm³/mol. The normalized spacial score (nSPS) is 11.9. The first-order chi connectivity index (χ1) is 7.71. The SMILES string of the molecule is Cc1ccc(C(F)(F)F)cc1C(=O)CC(C)C. The zero-order chi connectivity index (χ0) is 13.2. The van der Waals surface area contributed by atoms with Gasteiger partial charge in [-0.1, -0.05) is 19.9 Å². The van der Waals surface area contributed by atoms with Crippen LogP contribution >= 0.6 is 0 Å². The molecule has 0 saturated carbocycles. The zero-order valence-corrected chi connectivity index (χ0v) is 10.1. The molecule has 0 aliphatic rings. The molecule has 4 heteroatoms. The number of ketones is 1. The quantitative estimate of drug-likeness (QED) is 0.727. The maximum atomic E-state index is 12.5. The van der Waals surface area contributed by atoms with Gasteiger partial charge in [0.15, 0.2) is 5.78 Å². The van der Waals surface area contributed by atoms with Crippen molar-refractivity contribution in [3.63, 3.8) is 0 Å². The van der Waals surface area contributed by atoms with E-state index in [2.05, 4.69) is 0 Å². The molecule has 1 rings (SSSR count). The first-order valence-corrected chi connectivity index (χ1v) is 5.43. The van der Waals surface area contributed by atoms with E-state index in [1.165, 1.54) is 6.07 Å². The van der Waals surface area contributed by atoms with Gasteiger partial charge in [-0.15, -0.1) is 0 Å². The number of halogens is 3. The zero-order valence-electron chi connectivity index (χ0n) is 10.1. The third-order valence-corrected chi connectivity index (χ3v) is 2.46. The van der Waals surface area contributed by atoms with Gasteiger partial charge >= 0.3 is 6.18 Å². The topological polar surface area (TPSA) is 17.1 Å². The molecule has 1 aromatic rings. The number of alkyl halides is 3. The lowest BCUT2D eigenvalue weighted by Gasteiger charge is -2.11. The molecule has 94 valence electrons. The van der Waals surface area contributed by atoms with Crippen molar-refractivity contribution in [3.05, 3.63) is 34.9 Å². The van der Waals surface area contributed by atoms with Crippen LogP contribution in [0.15, 0.2) is 18.2 Å². The summed E-state index contributed by atoms with van der Waals surface area (Å²) >= 11 is 0. The van der Waals surface area contributed by atoms with Crippen molar-refractivity contribution in [2.45, 2.75) is 33.4 Å². The summed E-state index contributed by atoms with van der Waals surface area (Å²) in [6.45, 7) is 5.37. The molecule has 0 atom stereocenters. The minimum absolute atomic E-state index is 0.136. The van der Waals surface area contributed by atoms with Crippen molar-refractivity contribution in [2.24, 2.45) is 5.92 Å². The van der Waals surface area contributed by atoms with Crippen molar-refractivity contribution in [2.75, 3.05) is 0 Å². The monoisotopic (exact) mass is 244 g/mol. The molecule has 0 amide bonds. The Balaban J connectivity index is 3.11. The molecule has 1 nitrogen and oxygen atoms in total. The van der Waals surface area contributed by atoms with Crippen molar-refractivity contribution >= 4 is 5.78 Å². The summed E-state index contributed by atoms with van der Waals surface area (Å²) < 4.78 is 37.5. The third-order valence-electron chi connectivity index (χ3n) is 2.46. The predicted octanol–water partition coefficient (Wildman–Crippen LogP) is 4.24. The lowest BCUT2D eigenvalue weighted by Crippen LogP contribution is -2.10. The number of Topliss-reactive ketones (excluding diaryl/α,β-unsaturated/α-hetero) is 1. The van der Waals surface area contributed by atoms with E-state index in [-0.39, 0.29) is 23.7 Å². The van der Waals surface area contributed by atoms with E-state index in [1.807, 2.05) is 13.8 Å². The third kappa shape index (κ3) is 3.58. The molecule has 0 saturated heterocycles. The fraction of sp³-hybridized carbons (Fsp3) is 0.462. The van der Waals surface area contributed by atoms with Gasteiger partial charge in [-0.2, -0.15) is 13.2 Å². The molecule has 17 heavy (non-hydrogen) atoms. The highest BCUT2D eigenvalue weighted by Gasteiger charge is 2.31. The smallest absolute Gasteiger partial charge is 0.294 e. The molecule has 0 radical (unpaired) electrons. The molecule has 0 N–H and O–H groups in total. The van der Waals surface area contributed by atoms with Crippen LogP contribution in [-0.4, -0.2) is 5.78 Å². The first-order valence-electron chi connectivity index (χ1n) is 5.43. The fourth-order valence-corrected chi connectivity index (χ4v) is 1.58. The number of carbonyl (C=O) groups is 1. The van der Waals surface area contributed by atoms with E-state index in [0.717, 1.165) is 12.1 Å². The van der Waals surface area contributed by atoms with Gasteiger partial charge in [-0.3, -0.25) is 4.79 Å². The number of hydrogen-bond acceptors (Lipinski definition) is 1. The molecule has 0 aliphatic heterocycles. The first kappa shape index (κ1) is 13.7. The summed E-state index contributed by atoms with van der Waals surface area (Å²) in [5, 5.41) is 0. The Bertz CT molecular complexity index is 419. The van der Waals surface area contributed by atoms with Crippen LogP contribution in [0.1, 0.15) is 41.8 Å². The van der Waals surface area contributed by atoms with Crippen molar-refractivity contribution in [1.82, 2.24) is 0 Å². The van der Waals surface area contributed by atoms with Gasteiger partial charge in [0, 0.05) is 12.0 Å². The molecule has 0 bridgehead atoms. The highest BCUT2D eigenvalue weighted by atomic mass is 19.4. The minimum atomic E-state index is -4.40. The fourth-order valence-electron chi connectivity index (χ4n) is 1.58. The van der Waals surface area contributed by atoms with E-state index < -0.39 is 11.7 Å². The Morgan fingerprint density at radius 2 is 1.88 bits per heavy atom. The number of benzene rings is 1. The van der Waals surface area contributed by atoms with Crippen LogP contribution in [0.25, 0.3) is 0 Å². The van der Waals surface area contributed by atoms with E-state index in [4.69, 9.17) is 0 Å². The van der Waals surface area contributed by atoms with Crippen LogP contribution in [0.2, 0.25) is 0 Å². The van der Waals surface area contributed by atoms with Crippen LogP contribution in [0, 0.1) is 12.8 Å². The highest BCUT2D eigenvalue weighted by molar-refractivity contribution is 5.97. The number of aryl methyl sites for hydroxylation is 1. The maximum absolute atomic E-state index is 12.5. The minimum Gasteiger partial charge on any atom is -0.294 e. The summed E-state index contributed by atoms with van der Waals surface area (Å²) in [6, 6.07) is 3.29. The Morgan fingerprint density at radius 1 is 1.29 bits per heavy atom. The van der Waals surface area contributed by atoms with Crippen molar-refractivity contribution in [1.29, 1.82) is 0 Å². The summed E-state index contributed by atoms with van der Waals surface area (Å²) in [6.07, 6.45) is -4.14. The van der Waals surface area contributed by atoms with Gasteiger partial charge in [0.2, 0.25) is 0 Å². The van der Waals surface area contributed by atoms with Gasteiger partial charge in [-0.25, -0.2) is 0 Å². The Morgan fingerprint density at radius 3 is 2.35 bits per heavy atom. The molecule has 0 heterocycles. The molecule has 0 aromatic heterocycles. The van der Waals surface area contributed by atoms with Gasteiger partial charge in [-0.05, 0) is 30.5 Å². The van der Waals surface area contributed by atoms with Crippen molar-refractivity contribution < 1.29 is 18.0 Å². The lowest BCUT2D eigenvalue weighted by atomic mass is 9.96. The van der Waals surface area contributed by atoms with Crippen LogP contribution in [0.3, 0.4) is 0 Å². The van der Waals surface area contributed by atoms with E-state index in [9.17, 15) is 18.0 Å². The van der Waals surface area contributed by atoms with Crippen LogP contribution in [0.4, 0.5) is 13.2 Å². The molecule has 1 aromatic carbocycles. The lowest BCUT2D eigenvalue weighted by molar-refractivity contribution is -0.137. The summed E-state index contributed by atoms with van der Waals surface area (Å²) in [5.74, 6) is -0.0972. The molecular weight excluding hydrogens is 229 g/mol. The maximum Gasteiger partial charge on any atom is 0.416 e. The second kappa shape index (κ2) is 4.90. The molecule has 0 aliphatic carbocycles. The average molecular weight is 244 g/mol. The Labute approximate surface area is 98.6 Å². The second-order valence-corrected chi connectivity index (χ2v) is 4.55. The summed E-state index contributed by atoms with van der Waals surface area (Å²) in [7, 11) is 0. The number of rotatable bonds is 3. The average Bonchev–Trinajstić information content (AvgIpc) is 2.15. The van der Waals surface area contributed by atoms with Gasteiger partial charge in [0.05, 0.1) is 5.56 Å². The van der Waals surface area contributed by atoms with Gasteiger partial charge in [0.25, 0.3) is 0 Å². The van der Waals surface area contributed by atoms with Crippen LogP contribution in [0.5, 0.6) is 0 Å². The molecular formula is C13H15F3O. The summed E-state index contributed by atoms with van der Waals surface area (Å²) in [4.78, 5) is 11.8. The van der Waals surface area contributed by atoms with E-state index in [1.54, 1.807) is 6.92 Å². The highest BCUT2D eigenvalue weighted by Crippen LogP contribution is 2.31. The van der Waals surface area contributed by atoms with Gasteiger partial charge < -0.3 is 0 Å². The number of carbonyl (C=O) groups excluding carboxylic acids is 1. The number of hydrogen-bond donors (Lipinski definition) is 0. The van der Waals surface area contributed by atoms with E-state index >= 15 is 0 Å². The van der Waals surface area contributed by atoms with Crippen LogP contribution in [-0.2, 0) is 6.18 Å². The van der Waals surface area contributed by atoms with Crippen LogP contribution < -0.4 is 0 Å². The molecule has 0 spiro atoms. The molecule has 0 unspecified atom stereocenters.